The largest absolute Gasteiger partial charge is 0.368 e. The number of aromatic nitrogens is 2. The first-order valence-electron chi connectivity index (χ1n) is 1.92. The van der Waals surface area contributed by atoms with Gasteiger partial charge in [-0.05, 0) is 6.07 Å². The highest BCUT2D eigenvalue weighted by Crippen LogP contribution is 1.81. The molecule has 0 bridgehead atoms. The topological polar surface area (TPSA) is 437 Å². The number of anilines is 1. The number of hydrogen-bond donors (Lipinski definition) is 12. The van der Waals surface area contributed by atoms with Gasteiger partial charge in [-0.25, -0.2) is 9.97 Å². The number of hydrogen-bond acceptors (Lipinski definition) is 14. The highest BCUT2D eigenvalue weighted by Gasteiger charge is 1.75. The van der Waals surface area contributed by atoms with E-state index in [-0.39, 0.29) is 67.7 Å². The quantitative estimate of drug-likeness (QED) is 0.322. The molecule has 0 saturated heterocycles. The van der Waals surface area contributed by atoms with E-state index in [1.165, 1.54) is 0 Å². The second kappa shape index (κ2) is 77.6. The Hall–Kier alpha value is -1.56. The zero-order valence-corrected chi connectivity index (χ0v) is 11.5. The predicted octanol–water partition coefficient (Wildman–Crippen LogP) is 1.84. The van der Waals surface area contributed by atoms with Crippen molar-refractivity contribution >= 4 is 5.95 Å². The van der Waals surface area contributed by atoms with Crippen LogP contribution in [0.2, 0.25) is 0 Å². The molecule has 0 aromatic carbocycles. The smallest absolute Gasteiger partial charge is 0.219 e. The van der Waals surface area contributed by atoms with E-state index in [2.05, 4.69) is 9.97 Å². The van der Waals surface area contributed by atoms with Crippen molar-refractivity contribution in [1.82, 2.24) is 77.6 Å². The highest BCUT2D eigenvalue weighted by molar-refractivity contribution is 5.11. The number of nitrogen functional groups attached to an aromatic ring is 1. The zero-order valence-electron chi connectivity index (χ0n) is 11.5. The molecular formula is C4H38N14. The average Bonchev–Trinajstić information content (AvgIpc) is 1.69. The Bertz CT molecular complexity index is 144. The zero-order chi connectivity index (χ0) is 5.11. The van der Waals surface area contributed by atoms with Crippen LogP contribution in [0.1, 0.15) is 0 Å². The van der Waals surface area contributed by atoms with Crippen LogP contribution >= 0.6 is 0 Å². The lowest BCUT2D eigenvalue weighted by molar-refractivity contribution is 1.19. The lowest BCUT2D eigenvalue weighted by Gasteiger charge is -1.82. The molecule has 1 rings (SSSR count). The van der Waals surface area contributed by atoms with Crippen LogP contribution in [0.25, 0.3) is 0 Å². The van der Waals surface area contributed by atoms with Gasteiger partial charge in [-0.3, -0.25) is 0 Å². The minimum absolute atomic E-state index is 0. The van der Waals surface area contributed by atoms with Gasteiger partial charge in [0.05, 0.1) is 0 Å². The summed E-state index contributed by atoms with van der Waals surface area (Å²) < 4.78 is 0. The van der Waals surface area contributed by atoms with Crippen LogP contribution in [0.15, 0.2) is 18.5 Å². The lowest BCUT2D eigenvalue weighted by atomic mass is 10.7. The van der Waals surface area contributed by atoms with E-state index in [0.717, 1.165) is 0 Å². The van der Waals surface area contributed by atoms with E-state index in [9.17, 15) is 0 Å². The molecule has 0 aliphatic heterocycles. The van der Waals surface area contributed by atoms with Gasteiger partial charge in [0.15, 0.2) is 0 Å². The third-order valence-corrected chi connectivity index (χ3v) is 0.586. The fraction of sp³-hybridized carbons (Fsp3) is 0. The Morgan fingerprint density at radius 2 is 0.778 bits per heavy atom. The first-order valence-corrected chi connectivity index (χ1v) is 1.92. The van der Waals surface area contributed by atoms with Crippen LogP contribution in [0.5, 0.6) is 0 Å². The minimum Gasteiger partial charge on any atom is -0.368 e. The first kappa shape index (κ1) is 132. The molecule has 1 heterocycles. The summed E-state index contributed by atoms with van der Waals surface area (Å²) in [5.74, 6) is 0.322. The van der Waals surface area contributed by atoms with Gasteiger partial charge in [0, 0.05) is 12.4 Å². The molecule has 0 aliphatic rings. The summed E-state index contributed by atoms with van der Waals surface area (Å²) in [5.41, 5.74) is 5.14. The normalized spacial score (nSPS) is 3.33. The van der Waals surface area contributed by atoms with E-state index >= 15 is 0 Å². The molecular weight excluding hydrogens is 244 g/mol. The third-order valence-electron chi connectivity index (χ3n) is 0.586. The van der Waals surface area contributed by atoms with Crippen molar-refractivity contribution < 1.29 is 0 Å². The van der Waals surface area contributed by atoms with Crippen molar-refractivity contribution in [2.75, 3.05) is 5.73 Å². The molecule has 0 saturated carbocycles. The SMILES string of the molecule is N.N.N.N.N.N.N.N.N.N.N.Nc1ncccn1. The monoisotopic (exact) mass is 282 g/mol. The van der Waals surface area contributed by atoms with Crippen LogP contribution in [-0.2, 0) is 0 Å². The first-order chi connectivity index (χ1) is 3.39. The van der Waals surface area contributed by atoms with E-state index in [0.29, 0.717) is 5.95 Å². The van der Waals surface area contributed by atoms with Crippen molar-refractivity contribution in [1.29, 1.82) is 0 Å². The van der Waals surface area contributed by atoms with E-state index in [1.54, 1.807) is 18.5 Å². The summed E-state index contributed by atoms with van der Waals surface area (Å²) in [6.45, 7) is 0. The van der Waals surface area contributed by atoms with Crippen LogP contribution in [0, 0.1) is 0 Å². The fourth-order valence-corrected chi connectivity index (χ4v) is 0.311. The Morgan fingerprint density at radius 3 is 0.889 bits per heavy atom. The summed E-state index contributed by atoms with van der Waals surface area (Å²) >= 11 is 0. The summed E-state index contributed by atoms with van der Waals surface area (Å²) in [6.07, 6.45) is 3.20. The van der Waals surface area contributed by atoms with Crippen LogP contribution in [-0.4, -0.2) is 9.97 Å². The minimum atomic E-state index is 0. The van der Waals surface area contributed by atoms with Crippen LogP contribution in [0.3, 0.4) is 0 Å². The molecule has 0 aliphatic carbocycles. The van der Waals surface area contributed by atoms with Crippen molar-refractivity contribution in [3.63, 3.8) is 0 Å². The van der Waals surface area contributed by atoms with E-state index in [4.69, 9.17) is 5.73 Å². The summed E-state index contributed by atoms with van der Waals surface area (Å²) in [5, 5.41) is 0. The number of rotatable bonds is 0. The number of nitrogens with zero attached hydrogens (tertiary/aromatic N) is 2. The van der Waals surface area contributed by atoms with Crippen molar-refractivity contribution in [2.24, 2.45) is 0 Å². The standard InChI is InChI=1S/C4H5N3.11H3N/c5-4-6-2-1-3-7-4;;;;;;;;;;;/h1-3H,(H2,5,6,7);11*1H3. The average molecular weight is 282 g/mol. The van der Waals surface area contributed by atoms with Gasteiger partial charge >= 0.3 is 0 Å². The van der Waals surface area contributed by atoms with Crippen molar-refractivity contribution in [2.45, 2.75) is 0 Å². The summed E-state index contributed by atoms with van der Waals surface area (Å²) in [6, 6.07) is 1.72. The lowest BCUT2D eigenvalue weighted by Crippen LogP contribution is -1.90. The third kappa shape index (κ3) is 62.9. The van der Waals surface area contributed by atoms with Crippen molar-refractivity contribution in [3.8, 4) is 0 Å². The van der Waals surface area contributed by atoms with Crippen LogP contribution < -0.4 is 73.4 Å². The molecule has 0 amide bonds. The highest BCUT2D eigenvalue weighted by atomic mass is 15.0. The Balaban J connectivity index is -0.00000000495. The predicted molar refractivity (Wildman–Crippen MR) is 81.7 cm³/mol. The molecule has 0 spiro atoms. The van der Waals surface area contributed by atoms with Gasteiger partial charge in [-0.15, -0.1) is 0 Å². The molecule has 0 atom stereocenters. The molecule has 0 fully saturated rings. The van der Waals surface area contributed by atoms with Gasteiger partial charge in [0.1, 0.15) is 0 Å². The maximum atomic E-state index is 5.14. The van der Waals surface area contributed by atoms with Gasteiger partial charge in [0.2, 0.25) is 5.95 Å². The van der Waals surface area contributed by atoms with E-state index < -0.39 is 0 Å². The van der Waals surface area contributed by atoms with E-state index in [1.807, 2.05) is 0 Å². The van der Waals surface area contributed by atoms with Gasteiger partial charge in [-0.1, -0.05) is 0 Å². The maximum absolute atomic E-state index is 5.14. The summed E-state index contributed by atoms with van der Waals surface area (Å²) in [4.78, 5) is 7.29. The van der Waals surface area contributed by atoms with Gasteiger partial charge in [0.25, 0.3) is 0 Å². The second-order valence-electron chi connectivity index (χ2n) is 1.11. The molecule has 14 nitrogen and oxygen atoms in total. The van der Waals surface area contributed by atoms with Gasteiger partial charge < -0.3 is 73.4 Å². The molecule has 0 radical (unpaired) electrons. The second-order valence-corrected chi connectivity index (χ2v) is 1.11. The Kier molecular flexibility index (Phi) is 571. The molecule has 35 N–H and O–H groups in total. The molecule has 0 unspecified atom stereocenters. The van der Waals surface area contributed by atoms with Crippen LogP contribution in [0.4, 0.5) is 5.95 Å². The molecule has 1 aromatic heterocycles. The molecule has 1 aromatic rings. The summed E-state index contributed by atoms with van der Waals surface area (Å²) in [7, 11) is 0. The van der Waals surface area contributed by atoms with Gasteiger partial charge in [-0.2, -0.15) is 0 Å². The fourth-order valence-electron chi connectivity index (χ4n) is 0.311. The molecule has 14 heteroatoms. The molecule has 18 heavy (non-hydrogen) atoms. The Morgan fingerprint density at radius 1 is 0.556 bits per heavy atom. The maximum Gasteiger partial charge on any atom is 0.219 e. The number of nitrogens with two attached hydrogens (primary N) is 1. The molecule has 124 valence electrons. The Labute approximate surface area is 109 Å². The van der Waals surface area contributed by atoms with Crippen molar-refractivity contribution in [3.05, 3.63) is 18.5 Å².